The van der Waals surface area contributed by atoms with Crippen LogP contribution in [-0.4, -0.2) is 44.8 Å². The van der Waals surface area contributed by atoms with E-state index in [1.165, 1.54) is 35.7 Å². The van der Waals surface area contributed by atoms with Gasteiger partial charge in [0.25, 0.3) is 15.9 Å². The van der Waals surface area contributed by atoms with Crippen molar-refractivity contribution in [1.82, 2.24) is 4.31 Å². The van der Waals surface area contributed by atoms with Crippen molar-refractivity contribution in [3.63, 3.8) is 0 Å². The first-order valence-electron chi connectivity index (χ1n) is 10.3. The maximum atomic E-state index is 12.7. The van der Waals surface area contributed by atoms with E-state index in [9.17, 15) is 13.2 Å². The highest BCUT2D eigenvalue weighted by molar-refractivity contribution is 7.89. The molecule has 4 rings (SSSR count). The van der Waals surface area contributed by atoms with Gasteiger partial charge in [0.1, 0.15) is 0 Å². The van der Waals surface area contributed by atoms with Crippen LogP contribution in [0.2, 0.25) is 0 Å². The van der Waals surface area contributed by atoms with E-state index in [-0.39, 0.29) is 10.9 Å². The lowest BCUT2D eigenvalue weighted by atomic mass is 10.1. The van der Waals surface area contributed by atoms with Gasteiger partial charge in [0, 0.05) is 37.6 Å². The summed E-state index contributed by atoms with van der Waals surface area (Å²) in [6, 6.07) is 10.5. The Kier molecular flexibility index (Phi) is 5.91. The molecule has 2 saturated heterocycles. The predicted molar refractivity (Wildman–Crippen MR) is 112 cm³/mol. The van der Waals surface area contributed by atoms with Gasteiger partial charge in [-0.2, -0.15) is 4.31 Å². The van der Waals surface area contributed by atoms with Crippen LogP contribution in [0.4, 0.5) is 11.4 Å². The van der Waals surface area contributed by atoms with Gasteiger partial charge in [-0.1, -0.05) is 6.42 Å². The van der Waals surface area contributed by atoms with Crippen LogP contribution in [0.25, 0.3) is 0 Å². The number of carbonyl (C=O) groups is 1. The number of rotatable bonds is 5. The quantitative estimate of drug-likeness (QED) is 0.802. The highest BCUT2D eigenvalue weighted by atomic mass is 32.2. The van der Waals surface area contributed by atoms with E-state index in [0.29, 0.717) is 18.8 Å². The normalized spacial score (nSPS) is 18.6. The maximum Gasteiger partial charge on any atom is 0.291 e. The van der Waals surface area contributed by atoms with Crippen LogP contribution in [0, 0.1) is 0 Å². The Morgan fingerprint density at radius 3 is 2.10 bits per heavy atom. The van der Waals surface area contributed by atoms with Gasteiger partial charge in [0.05, 0.1) is 0 Å². The fourth-order valence-electron chi connectivity index (χ4n) is 3.91. The van der Waals surface area contributed by atoms with Crippen LogP contribution >= 0.6 is 0 Å². The van der Waals surface area contributed by atoms with Gasteiger partial charge < -0.3 is 14.6 Å². The molecule has 1 amide bonds. The summed E-state index contributed by atoms with van der Waals surface area (Å²) in [5.74, 6) is -0.475. The molecule has 7 nitrogen and oxygen atoms in total. The summed E-state index contributed by atoms with van der Waals surface area (Å²) in [5, 5.41) is 2.60. The minimum absolute atomic E-state index is 0.0132. The van der Waals surface area contributed by atoms with Gasteiger partial charge in [0.15, 0.2) is 5.76 Å². The molecule has 1 N–H and O–H groups in total. The van der Waals surface area contributed by atoms with Gasteiger partial charge in [-0.25, -0.2) is 8.42 Å². The molecule has 2 fully saturated rings. The van der Waals surface area contributed by atoms with Crippen molar-refractivity contribution in [2.45, 2.75) is 43.6 Å². The van der Waals surface area contributed by atoms with Crippen molar-refractivity contribution in [2.75, 3.05) is 36.4 Å². The molecule has 2 aromatic rings. The molecule has 0 bridgehead atoms. The van der Waals surface area contributed by atoms with E-state index in [1.54, 1.807) is 0 Å². The summed E-state index contributed by atoms with van der Waals surface area (Å²) in [4.78, 5) is 14.8. The Morgan fingerprint density at radius 1 is 0.828 bits per heavy atom. The molecule has 2 aliphatic rings. The Balaban J connectivity index is 1.41. The van der Waals surface area contributed by atoms with Crippen LogP contribution < -0.4 is 10.2 Å². The third kappa shape index (κ3) is 4.48. The van der Waals surface area contributed by atoms with Crippen molar-refractivity contribution in [1.29, 1.82) is 0 Å². The van der Waals surface area contributed by atoms with Crippen LogP contribution in [0.1, 0.15) is 49.1 Å². The number of nitrogens with one attached hydrogen (secondary N) is 1. The van der Waals surface area contributed by atoms with Crippen LogP contribution in [0.15, 0.2) is 45.9 Å². The number of sulfonamides is 1. The molecule has 0 spiro atoms. The average molecular weight is 418 g/mol. The van der Waals surface area contributed by atoms with Crippen molar-refractivity contribution in [3.8, 4) is 0 Å². The molecular formula is C21H27N3O4S. The average Bonchev–Trinajstić information content (AvgIpc) is 3.27. The van der Waals surface area contributed by atoms with E-state index in [1.807, 2.05) is 24.3 Å². The van der Waals surface area contributed by atoms with Gasteiger partial charge in [-0.05, 0) is 68.5 Å². The molecular weight excluding hydrogens is 390 g/mol. The van der Waals surface area contributed by atoms with Crippen LogP contribution in [-0.2, 0) is 10.0 Å². The number of benzene rings is 1. The lowest BCUT2D eigenvalue weighted by molar-refractivity contribution is 0.0991. The summed E-state index contributed by atoms with van der Waals surface area (Å²) < 4.78 is 32.2. The highest BCUT2D eigenvalue weighted by Crippen LogP contribution is 2.24. The Hall–Kier alpha value is -2.32. The highest BCUT2D eigenvalue weighted by Gasteiger charge is 2.29. The second kappa shape index (κ2) is 8.59. The molecule has 0 aliphatic carbocycles. The number of nitrogens with zero attached hydrogens (tertiary/aromatic N) is 2. The van der Waals surface area contributed by atoms with Crippen molar-refractivity contribution >= 4 is 27.3 Å². The van der Waals surface area contributed by atoms with E-state index < -0.39 is 15.9 Å². The maximum absolute atomic E-state index is 12.7. The van der Waals surface area contributed by atoms with Crippen molar-refractivity contribution in [3.05, 3.63) is 42.2 Å². The summed E-state index contributed by atoms with van der Waals surface area (Å²) in [7, 11) is -3.68. The molecule has 1 aromatic heterocycles. The molecule has 0 atom stereocenters. The Morgan fingerprint density at radius 2 is 1.45 bits per heavy atom. The number of amides is 1. The number of hydrogen-bond acceptors (Lipinski definition) is 5. The van der Waals surface area contributed by atoms with E-state index in [2.05, 4.69) is 10.2 Å². The SMILES string of the molecule is O=C(Nc1ccc(N2CCCCC2)cc1)c1ccc(S(=O)(=O)N2CCCCC2)o1. The summed E-state index contributed by atoms with van der Waals surface area (Å²) >= 11 is 0. The van der Waals surface area contributed by atoms with E-state index in [0.717, 1.165) is 38.0 Å². The number of piperidine rings is 2. The van der Waals surface area contributed by atoms with Crippen LogP contribution in [0.3, 0.4) is 0 Å². The van der Waals surface area contributed by atoms with E-state index in [4.69, 9.17) is 4.42 Å². The summed E-state index contributed by atoms with van der Waals surface area (Å²) in [6.07, 6.45) is 6.43. The zero-order valence-electron chi connectivity index (χ0n) is 16.5. The van der Waals surface area contributed by atoms with Gasteiger partial charge in [-0.3, -0.25) is 4.79 Å². The topological polar surface area (TPSA) is 82.9 Å². The molecule has 3 heterocycles. The summed E-state index contributed by atoms with van der Waals surface area (Å²) in [5.41, 5.74) is 1.79. The third-order valence-electron chi connectivity index (χ3n) is 5.56. The van der Waals surface area contributed by atoms with Crippen molar-refractivity contribution in [2.24, 2.45) is 0 Å². The number of anilines is 2. The van der Waals surface area contributed by atoms with Crippen molar-refractivity contribution < 1.29 is 17.6 Å². The molecule has 2 aliphatic heterocycles. The second-order valence-electron chi connectivity index (χ2n) is 7.63. The molecule has 29 heavy (non-hydrogen) atoms. The summed E-state index contributed by atoms with van der Waals surface area (Å²) in [6.45, 7) is 3.11. The minimum atomic E-state index is -3.68. The van der Waals surface area contributed by atoms with Gasteiger partial charge in [-0.15, -0.1) is 0 Å². The minimum Gasteiger partial charge on any atom is -0.438 e. The zero-order chi connectivity index (χ0) is 20.3. The molecule has 1 aromatic carbocycles. The zero-order valence-corrected chi connectivity index (χ0v) is 17.3. The fourth-order valence-corrected chi connectivity index (χ4v) is 5.34. The van der Waals surface area contributed by atoms with Crippen LogP contribution in [0.5, 0.6) is 0 Å². The number of furan rings is 1. The molecule has 0 saturated carbocycles. The van der Waals surface area contributed by atoms with Gasteiger partial charge in [0.2, 0.25) is 5.09 Å². The standard InChI is InChI=1S/C21H27N3O4S/c25-21(22-17-7-9-18(10-8-17)23-13-3-1-4-14-23)19-11-12-20(28-19)29(26,27)24-15-5-2-6-16-24/h7-12H,1-6,13-16H2,(H,22,25). The predicted octanol–water partition coefficient (Wildman–Crippen LogP) is 3.70. The lowest BCUT2D eigenvalue weighted by Crippen LogP contribution is -2.35. The monoisotopic (exact) mass is 417 g/mol. The first kappa shape index (κ1) is 20.0. The number of carbonyl (C=O) groups excluding carboxylic acids is 1. The van der Waals surface area contributed by atoms with Gasteiger partial charge >= 0.3 is 0 Å². The largest absolute Gasteiger partial charge is 0.438 e. The number of hydrogen-bond donors (Lipinski definition) is 1. The lowest BCUT2D eigenvalue weighted by Gasteiger charge is -2.28. The Bertz CT molecular complexity index is 941. The second-order valence-corrected chi connectivity index (χ2v) is 9.50. The Labute approximate surface area is 171 Å². The first-order chi connectivity index (χ1) is 14.0. The smallest absolute Gasteiger partial charge is 0.291 e. The molecule has 8 heteroatoms. The van der Waals surface area contributed by atoms with E-state index >= 15 is 0 Å². The molecule has 0 radical (unpaired) electrons. The fraction of sp³-hybridized carbons (Fsp3) is 0.476. The molecule has 156 valence electrons. The first-order valence-corrected chi connectivity index (χ1v) is 11.7. The molecule has 0 unspecified atom stereocenters. The third-order valence-corrected chi connectivity index (χ3v) is 7.33.